The Morgan fingerprint density at radius 1 is 1.23 bits per heavy atom. The van der Waals surface area contributed by atoms with E-state index in [2.05, 4.69) is 4.98 Å². The van der Waals surface area contributed by atoms with E-state index in [1.54, 1.807) is 23.1 Å². The summed E-state index contributed by atoms with van der Waals surface area (Å²) in [5.41, 5.74) is 0.745. The Balaban J connectivity index is 1.96. The lowest BCUT2D eigenvalue weighted by atomic mass is 10.2. The highest BCUT2D eigenvalue weighted by Gasteiger charge is 2.32. The summed E-state index contributed by atoms with van der Waals surface area (Å²) < 4.78 is 62.9. The van der Waals surface area contributed by atoms with Gasteiger partial charge in [0.1, 0.15) is 6.07 Å². The molecule has 26 heavy (non-hydrogen) atoms. The maximum absolute atomic E-state index is 12.6. The summed E-state index contributed by atoms with van der Waals surface area (Å²) in [5, 5.41) is 8.68. The number of nitrogens with zero attached hydrogens (tertiary/aromatic N) is 3. The molecule has 0 fully saturated rings. The normalized spacial score (nSPS) is 14.8. The molecular formula is C17H12F3N3O2S. The van der Waals surface area contributed by atoms with Crippen molar-refractivity contribution < 1.29 is 21.6 Å². The van der Waals surface area contributed by atoms with Crippen LogP contribution in [0.15, 0.2) is 58.7 Å². The van der Waals surface area contributed by atoms with Crippen molar-refractivity contribution in [2.24, 2.45) is 0 Å². The standard InChI is InChI=1S/C17H12F3N3O2S/c18-17(19,20)13-5-6-16(22-10-13)26(24,25)14(9-21)11-23-8-7-12-3-1-2-4-15(12)23/h1-6,10-11H,7-8H2. The number of alkyl halides is 3. The molecule has 0 amide bonds. The van der Waals surface area contributed by atoms with Crippen LogP contribution in [0.3, 0.4) is 0 Å². The van der Waals surface area contributed by atoms with Gasteiger partial charge < -0.3 is 4.90 Å². The monoisotopic (exact) mass is 379 g/mol. The van der Waals surface area contributed by atoms with E-state index >= 15 is 0 Å². The Labute approximate surface area is 147 Å². The van der Waals surface area contributed by atoms with Crippen LogP contribution in [0.2, 0.25) is 0 Å². The van der Waals surface area contributed by atoms with E-state index in [1.165, 1.54) is 6.20 Å². The van der Waals surface area contributed by atoms with Gasteiger partial charge in [0.15, 0.2) is 9.93 Å². The van der Waals surface area contributed by atoms with Crippen molar-refractivity contribution in [1.82, 2.24) is 4.98 Å². The first-order valence-corrected chi connectivity index (χ1v) is 8.96. The van der Waals surface area contributed by atoms with E-state index < -0.39 is 31.5 Å². The van der Waals surface area contributed by atoms with E-state index in [9.17, 15) is 26.9 Å². The molecule has 0 saturated carbocycles. The van der Waals surface area contributed by atoms with Gasteiger partial charge in [-0.15, -0.1) is 0 Å². The molecule has 0 bridgehead atoms. The number of fused-ring (bicyclic) bond motifs is 1. The van der Waals surface area contributed by atoms with Crippen LogP contribution in [-0.4, -0.2) is 19.9 Å². The van der Waals surface area contributed by atoms with Crippen LogP contribution in [0.5, 0.6) is 0 Å². The predicted molar refractivity (Wildman–Crippen MR) is 87.6 cm³/mol. The van der Waals surface area contributed by atoms with Gasteiger partial charge in [0.2, 0.25) is 9.84 Å². The lowest BCUT2D eigenvalue weighted by molar-refractivity contribution is -0.137. The van der Waals surface area contributed by atoms with Gasteiger partial charge in [-0.05, 0) is 30.2 Å². The quantitative estimate of drug-likeness (QED) is 0.765. The SMILES string of the molecule is N#CC(=CN1CCc2ccccc21)S(=O)(=O)c1ccc(C(F)(F)F)cn1. The van der Waals surface area contributed by atoms with Crippen LogP contribution < -0.4 is 4.90 Å². The van der Waals surface area contributed by atoms with Gasteiger partial charge in [-0.3, -0.25) is 0 Å². The zero-order chi connectivity index (χ0) is 18.9. The molecule has 0 unspecified atom stereocenters. The third-order valence-electron chi connectivity index (χ3n) is 3.93. The number of aromatic nitrogens is 1. The van der Waals surface area contributed by atoms with Crippen molar-refractivity contribution in [2.45, 2.75) is 17.6 Å². The van der Waals surface area contributed by atoms with E-state index in [0.29, 0.717) is 25.2 Å². The summed E-state index contributed by atoms with van der Waals surface area (Å²) in [7, 11) is -4.32. The van der Waals surface area contributed by atoms with Crippen LogP contribution in [-0.2, 0) is 22.4 Å². The zero-order valence-corrected chi connectivity index (χ0v) is 14.0. The average molecular weight is 379 g/mol. The highest BCUT2D eigenvalue weighted by Crippen LogP contribution is 2.31. The van der Waals surface area contributed by atoms with Crippen LogP contribution in [0.1, 0.15) is 11.1 Å². The highest BCUT2D eigenvalue weighted by molar-refractivity contribution is 7.95. The van der Waals surface area contributed by atoms with E-state index in [-0.39, 0.29) is 0 Å². The highest BCUT2D eigenvalue weighted by atomic mass is 32.2. The second-order valence-corrected chi connectivity index (χ2v) is 7.43. The smallest absolute Gasteiger partial charge is 0.345 e. The Kier molecular flexibility index (Phi) is 4.46. The van der Waals surface area contributed by atoms with Crippen LogP contribution in [0.25, 0.3) is 0 Å². The van der Waals surface area contributed by atoms with Gasteiger partial charge in [-0.25, -0.2) is 13.4 Å². The third-order valence-corrected chi connectivity index (χ3v) is 5.50. The fourth-order valence-corrected chi connectivity index (χ4v) is 3.67. The van der Waals surface area contributed by atoms with Gasteiger partial charge in [0.05, 0.1) is 5.56 Å². The second-order valence-electron chi connectivity index (χ2n) is 5.56. The Bertz CT molecular complexity index is 1010. The summed E-state index contributed by atoms with van der Waals surface area (Å²) >= 11 is 0. The fourth-order valence-electron chi connectivity index (χ4n) is 2.62. The number of nitriles is 1. The summed E-state index contributed by atoms with van der Waals surface area (Å²) in [6.45, 7) is 0.500. The van der Waals surface area contributed by atoms with Gasteiger partial charge in [0, 0.05) is 24.6 Å². The molecular weight excluding hydrogens is 367 g/mol. The number of anilines is 1. The molecule has 0 radical (unpaired) electrons. The van der Waals surface area contributed by atoms with Crippen molar-refractivity contribution >= 4 is 15.5 Å². The molecule has 0 atom stereocenters. The molecule has 1 aromatic carbocycles. The van der Waals surface area contributed by atoms with E-state index in [0.717, 1.165) is 17.3 Å². The van der Waals surface area contributed by atoms with Gasteiger partial charge >= 0.3 is 6.18 Å². The first kappa shape index (κ1) is 17.9. The minimum absolute atomic E-state index is 0.438. The number of hydrogen-bond acceptors (Lipinski definition) is 5. The maximum Gasteiger partial charge on any atom is 0.417 e. The molecule has 9 heteroatoms. The van der Waals surface area contributed by atoms with Crippen LogP contribution in [0, 0.1) is 11.3 Å². The molecule has 1 aliphatic rings. The molecule has 5 nitrogen and oxygen atoms in total. The first-order chi connectivity index (χ1) is 12.2. The lowest BCUT2D eigenvalue weighted by Gasteiger charge is -2.14. The van der Waals surface area contributed by atoms with Crippen molar-refractivity contribution in [3.8, 4) is 6.07 Å². The van der Waals surface area contributed by atoms with Crippen molar-refractivity contribution in [3.63, 3.8) is 0 Å². The Hall–Kier alpha value is -2.86. The number of pyridine rings is 1. The third kappa shape index (κ3) is 3.28. The van der Waals surface area contributed by atoms with Gasteiger partial charge in [0.25, 0.3) is 0 Å². The van der Waals surface area contributed by atoms with E-state index in [4.69, 9.17) is 0 Å². The fraction of sp³-hybridized carbons (Fsp3) is 0.176. The lowest BCUT2D eigenvalue weighted by Crippen LogP contribution is -2.16. The first-order valence-electron chi connectivity index (χ1n) is 7.48. The molecule has 3 rings (SSSR count). The number of benzene rings is 1. The minimum Gasteiger partial charge on any atom is -0.345 e. The molecule has 0 aliphatic carbocycles. The summed E-state index contributed by atoms with van der Waals surface area (Å²) in [6, 6.07) is 10.4. The second kappa shape index (κ2) is 6.46. The Morgan fingerprint density at radius 3 is 2.58 bits per heavy atom. The van der Waals surface area contributed by atoms with Crippen molar-refractivity contribution in [2.75, 3.05) is 11.4 Å². The summed E-state index contributed by atoms with van der Waals surface area (Å²) in [5.74, 6) is 0. The number of halogens is 3. The minimum atomic E-state index is -4.62. The van der Waals surface area contributed by atoms with Crippen molar-refractivity contribution in [3.05, 3.63) is 64.8 Å². The van der Waals surface area contributed by atoms with Crippen molar-refractivity contribution in [1.29, 1.82) is 5.26 Å². The van der Waals surface area contributed by atoms with Crippen LogP contribution >= 0.6 is 0 Å². The van der Waals surface area contributed by atoms with Crippen LogP contribution in [0.4, 0.5) is 18.9 Å². The molecule has 2 aromatic rings. The summed E-state index contributed by atoms with van der Waals surface area (Å²) in [4.78, 5) is 4.44. The molecule has 2 heterocycles. The zero-order valence-electron chi connectivity index (χ0n) is 13.2. The summed E-state index contributed by atoms with van der Waals surface area (Å²) in [6.07, 6.45) is -2.29. The molecule has 0 spiro atoms. The number of para-hydroxylation sites is 1. The number of allylic oxidation sites excluding steroid dienone is 1. The number of rotatable bonds is 3. The number of hydrogen-bond donors (Lipinski definition) is 0. The molecule has 1 aliphatic heterocycles. The van der Waals surface area contributed by atoms with Gasteiger partial charge in [-0.2, -0.15) is 18.4 Å². The van der Waals surface area contributed by atoms with Gasteiger partial charge in [-0.1, -0.05) is 18.2 Å². The maximum atomic E-state index is 12.6. The average Bonchev–Trinajstić information content (AvgIpc) is 3.02. The Morgan fingerprint density at radius 2 is 1.96 bits per heavy atom. The topological polar surface area (TPSA) is 74.1 Å². The van der Waals surface area contributed by atoms with E-state index in [1.807, 2.05) is 12.1 Å². The largest absolute Gasteiger partial charge is 0.417 e. The molecule has 0 saturated heterocycles. The molecule has 0 N–H and O–H groups in total. The molecule has 1 aromatic heterocycles. The predicted octanol–water partition coefficient (Wildman–Crippen LogP) is 3.30. The molecule has 134 valence electrons. The number of sulfone groups is 1.